The van der Waals surface area contributed by atoms with E-state index in [1.807, 2.05) is 5.38 Å². The van der Waals surface area contributed by atoms with Crippen molar-refractivity contribution in [1.29, 1.82) is 0 Å². The van der Waals surface area contributed by atoms with Gasteiger partial charge in [0.15, 0.2) is 0 Å². The summed E-state index contributed by atoms with van der Waals surface area (Å²) < 4.78 is 18.3. The summed E-state index contributed by atoms with van der Waals surface area (Å²) in [5, 5.41) is 13.3. The first-order chi connectivity index (χ1) is 12.6. The van der Waals surface area contributed by atoms with Crippen molar-refractivity contribution < 1.29 is 14.2 Å². The maximum Gasteiger partial charge on any atom is 0.260 e. The Morgan fingerprint density at radius 1 is 1.04 bits per heavy atom. The van der Waals surface area contributed by atoms with Gasteiger partial charge in [-0.1, -0.05) is 24.3 Å². The van der Waals surface area contributed by atoms with Gasteiger partial charge in [0.05, 0.1) is 18.1 Å². The predicted molar refractivity (Wildman–Crippen MR) is 101 cm³/mol. The van der Waals surface area contributed by atoms with Crippen LogP contribution in [0.15, 0.2) is 58.7 Å². The topological polar surface area (TPSA) is 62.3 Å². The molecule has 2 heterocycles. The van der Waals surface area contributed by atoms with Crippen molar-refractivity contribution in [3.8, 4) is 33.8 Å². The van der Waals surface area contributed by atoms with Crippen LogP contribution in [-0.2, 0) is 0 Å². The fraction of sp³-hybridized carbons (Fsp3) is 0.0500. The summed E-state index contributed by atoms with van der Waals surface area (Å²) in [4.78, 5) is 15.9. The summed E-state index contributed by atoms with van der Waals surface area (Å²) in [5.74, 6) is 0.243. The molecule has 0 aliphatic heterocycles. The molecule has 0 amide bonds. The molecule has 4 aromatic rings. The summed E-state index contributed by atoms with van der Waals surface area (Å²) in [6.45, 7) is 0. The average molecular weight is 367 g/mol. The number of aromatic amines is 1. The fourth-order valence-electron chi connectivity index (χ4n) is 2.95. The molecule has 4 rings (SSSR count). The number of methoxy groups -OCH3 is 1. The van der Waals surface area contributed by atoms with Gasteiger partial charge in [0.1, 0.15) is 22.1 Å². The van der Waals surface area contributed by atoms with Crippen LogP contribution in [0.5, 0.6) is 11.5 Å². The van der Waals surface area contributed by atoms with Gasteiger partial charge in [-0.3, -0.25) is 4.79 Å². The van der Waals surface area contributed by atoms with Crippen LogP contribution in [0.2, 0.25) is 0 Å². The molecule has 2 aromatic carbocycles. The zero-order valence-corrected chi connectivity index (χ0v) is 14.6. The standard InChI is InChI=1S/C20H14FNO3S/c1-25-14-8-4-12(5-9-14)16-18(23)17-15(10-26-20(17)22-19(16)24)11-2-6-13(21)7-3-11/h2-10H,1H3,(H2,22,23,24). The molecule has 0 bridgehead atoms. The number of hydrogen-bond donors (Lipinski definition) is 2. The Morgan fingerprint density at radius 3 is 2.35 bits per heavy atom. The number of hydrogen-bond acceptors (Lipinski definition) is 4. The van der Waals surface area contributed by atoms with Crippen molar-refractivity contribution in [3.05, 3.63) is 70.1 Å². The van der Waals surface area contributed by atoms with Gasteiger partial charge in [-0.2, -0.15) is 0 Å². The first-order valence-corrected chi connectivity index (χ1v) is 8.73. The van der Waals surface area contributed by atoms with E-state index in [1.165, 1.54) is 23.5 Å². The molecule has 0 unspecified atom stereocenters. The Labute approximate surface area is 152 Å². The van der Waals surface area contributed by atoms with Crippen LogP contribution in [0.4, 0.5) is 4.39 Å². The van der Waals surface area contributed by atoms with E-state index in [2.05, 4.69) is 4.98 Å². The van der Waals surface area contributed by atoms with E-state index in [0.29, 0.717) is 21.5 Å². The molecule has 2 aromatic heterocycles. The molecular formula is C20H14FNO3S. The molecule has 2 N–H and O–H groups in total. The van der Waals surface area contributed by atoms with E-state index < -0.39 is 0 Å². The second-order valence-corrected chi connectivity index (χ2v) is 6.65. The zero-order chi connectivity index (χ0) is 18.3. The number of aromatic hydroxyl groups is 1. The van der Waals surface area contributed by atoms with Gasteiger partial charge in [-0.15, -0.1) is 11.3 Å². The van der Waals surface area contributed by atoms with Gasteiger partial charge in [0, 0.05) is 10.9 Å². The molecular weight excluding hydrogens is 353 g/mol. The van der Waals surface area contributed by atoms with Gasteiger partial charge in [-0.25, -0.2) is 4.39 Å². The number of ether oxygens (including phenoxy) is 1. The molecule has 6 heteroatoms. The molecule has 0 fully saturated rings. The maximum absolute atomic E-state index is 13.2. The van der Waals surface area contributed by atoms with E-state index in [0.717, 1.165) is 11.1 Å². The maximum atomic E-state index is 13.2. The van der Waals surface area contributed by atoms with Gasteiger partial charge in [-0.05, 0) is 35.4 Å². The molecule has 0 aliphatic carbocycles. The molecule has 0 radical (unpaired) electrons. The SMILES string of the molecule is COc1ccc(-c2c(O)c3c(-c4ccc(F)cc4)csc3[nH]c2=O)cc1. The summed E-state index contributed by atoms with van der Waals surface area (Å²) in [7, 11) is 1.56. The van der Waals surface area contributed by atoms with Gasteiger partial charge in [0.2, 0.25) is 0 Å². The van der Waals surface area contributed by atoms with Crippen molar-refractivity contribution in [3.63, 3.8) is 0 Å². The highest BCUT2D eigenvalue weighted by molar-refractivity contribution is 7.17. The van der Waals surface area contributed by atoms with Gasteiger partial charge >= 0.3 is 0 Å². The highest BCUT2D eigenvalue weighted by Gasteiger charge is 2.19. The lowest BCUT2D eigenvalue weighted by Gasteiger charge is -2.08. The normalized spacial score (nSPS) is 11.0. The predicted octanol–water partition coefficient (Wildman–Crippen LogP) is 4.78. The van der Waals surface area contributed by atoms with E-state index in [4.69, 9.17) is 4.74 Å². The van der Waals surface area contributed by atoms with Crippen LogP contribution >= 0.6 is 11.3 Å². The average Bonchev–Trinajstić information content (AvgIpc) is 3.07. The van der Waals surface area contributed by atoms with Crippen molar-refractivity contribution in [2.75, 3.05) is 7.11 Å². The van der Waals surface area contributed by atoms with Crippen LogP contribution in [0.25, 0.3) is 32.5 Å². The number of nitrogens with one attached hydrogen (secondary N) is 1. The number of rotatable bonds is 3. The summed E-state index contributed by atoms with van der Waals surface area (Å²) >= 11 is 1.32. The number of H-pyrrole nitrogens is 1. The van der Waals surface area contributed by atoms with Crippen LogP contribution in [-0.4, -0.2) is 17.2 Å². The minimum absolute atomic E-state index is 0.0884. The largest absolute Gasteiger partial charge is 0.506 e. The molecule has 26 heavy (non-hydrogen) atoms. The zero-order valence-electron chi connectivity index (χ0n) is 13.7. The lowest BCUT2D eigenvalue weighted by Crippen LogP contribution is -2.08. The first-order valence-electron chi connectivity index (χ1n) is 7.85. The van der Waals surface area contributed by atoms with Crippen molar-refractivity contribution >= 4 is 21.6 Å². The Balaban J connectivity index is 1.95. The number of halogens is 1. The minimum Gasteiger partial charge on any atom is -0.506 e. The molecule has 0 aliphatic rings. The lowest BCUT2D eigenvalue weighted by molar-refractivity contribution is 0.415. The number of benzene rings is 2. The number of pyridine rings is 1. The molecule has 0 saturated carbocycles. The number of aromatic nitrogens is 1. The van der Waals surface area contributed by atoms with E-state index in [9.17, 15) is 14.3 Å². The van der Waals surface area contributed by atoms with Crippen molar-refractivity contribution in [1.82, 2.24) is 4.98 Å². The first kappa shape index (κ1) is 16.4. The smallest absolute Gasteiger partial charge is 0.260 e. The highest BCUT2D eigenvalue weighted by Crippen LogP contribution is 2.41. The highest BCUT2D eigenvalue weighted by atomic mass is 32.1. The summed E-state index contributed by atoms with van der Waals surface area (Å²) in [6.07, 6.45) is 0. The monoisotopic (exact) mass is 367 g/mol. The number of fused-ring (bicyclic) bond motifs is 1. The molecule has 0 atom stereocenters. The van der Waals surface area contributed by atoms with E-state index in [1.54, 1.807) is 43.5 Å². The third kappa shape index (κ3) is 2.64. The third-order valence-electron chi connectivity index (χ3n) is 4.25. The second kappa shape index (κ2) is 6.31. The molecule has 0 spiro atoms. The van der Waals surface area contributed by atoms with Crippen LogP contribution in [0.1, 0.15) is 0 Å². The Kier molecular flexibility index (Phi) is 3.97. The molecule has 130 valence electrons. The lowest BCUT2D eigenvalue weighted by atomic mass is 10.0. The van der Waals surface area contributed by atoms with E-state index in [-0.39, 0.29) is 22.7 Å². The van der Waals surface area contributed by atoms with Crippen LogP contribution in [0, 0.1) is 5.82 Å². The number of thiophene rings is 1. The Bertz CT molecular complexity index is 1140. The quantitative estimate of drug-likeness (QED) is 0.548. The molecule has 4 nitrogen and oxygen atoms in total. The van der Waals surface area contributed by atoms with Gasteiger partial charge in [0.25, 0.3) is 5.56 Å². The summed E-state index contributed by atoms with van der Waals surface area (Å²) in [6, 6.07) is 12.9. The fourth-order valence-corrected chi connectivity index (χ4v) is 3.92. The van der Waals surface area contributed by atoms with Gasteiger partial charge < -0.3 is 14.8 Å². The third-order valence-corrected chi connectivity index (χ3v) is 5.15. The Morgan fingerprint density at radius 2 is 1.69 bits per heavy atom. The van der Waals surface area contributed by atoms with Crippen LogP contribution in [0.3, 0.4) is 0 Å². The van der Waals surface area contributed by atoms with Crippen molar-refractivity contribution in [2.24, 2.45) is 0 Å². The minimum atomic E-state index is -0.368. The van der Waals surface area contributed by atoms with E-state index >= 15 is 0 Å². The Hall–Kier alpha value is -3.12. The second-order valence-electron chi connectivity index (χ2n) is 5.77. The van der Waals surface area contributed by atoms with Crippen molar-refractivity contribution in [2.45, 2.75) is 0 Å². The molecule has 0 saturated heterocycles. The van der Waals surface area contributed by atoms with Crippen LogP contribution < -0.4 is 10.3 Å². The summed E-state index contributed by atoms with van der Waals surface area (Å²) in [5.41, 5.74) is 1.92.